The number of nitrogen functional groups attached to an aromatic ring is 1. The molecule has 7 heteroatoms. The Hall–Kier alpha value is -2.57. The number of piperazine rings is 1. The van der Waals surface area contributed by atoms with Crippen LogP contribution in [0.25, 0.3) is 0 Å². The van der Waals surface area contributed by atoms with Gasteiger partial charge >= 0.3 is 0 Å². The van der Waals surface area contributed by atoms with E-state index in [4.69, 9.17) is 10.5 Å². The number of anilines is 3. The highest BCUT2D eigenvalue weighted by molar-refractivity contribution is 5.68. The van der Waals surface area contributed by atoms with Gasteiger partial charge < -0.3 is 20.3 Å². The molecule has 0 aliphatic carbocycles. The fourth-order valence-electron chi connectivity index (χ4n) is 2.70. The number of aromatic nitrogens is 2. The number of hydrogen-bond acceptors (Lipinski definition) is 6. The molecule has 0 radical (unpaired) electrons. The van der Waals surface area contributed by atoms with Gasteiger partial charge in [-0.1, -0.05) is 0 Å². The van der Waals surface area contributed by atoms with E-state index >= 15 is 0 Å². The Morgan fingerprint density at radius 1 is 1.09 bits per heavy atom. The number of ether oxygens (including phenoxy) is 1. The van der Waals surface area contributed by atoms with Crippen LogP contribution >= 0.6 is 0 Å². The molecule has 1 aliphatic heterocycles. The summed E-state index contributed by atoms with van der Waals surface area (Å²) in [6.45, 7) is 5.61. The fourth-order valence-corrected chi connectivity index (χ4v) is 2.70. The highest BCUT2D eigenvalue weighted by atomic mass is 19.1. The summed E-state index contributed by atoms with van der Waals surface area (Å²) in [5, 5.41) is 0. The van der Waals surface area contributed by atoms with Gasteiger partial charge in [-0.25, -0.2) is 9.37 Å². The first kappa shape index (κ1) is 15.3. The van der Waals surface area contributed by atoms with E-state index < -0.39 is 0 Å². The second-order valence-electron chi connectivity index (χ2n) is 5.30. The molecule has 122 valence electrons. The molecule has 0 bridgehead atoms. The summed E-state index contributed by atoms with van der Waals surface area (Å²) in [5.74, 6) is 0.922. The molecule has 2 N–H and O–H groups in total. The smallest absolute Gasteiger partial charge is 0.242 e. The van der Waals surface area contributed by atoms with E-state index in [9.17, 15) is 4.39 Å². The van der Waals surface area contributed by atoms with Gasteiger partial charge in [0, 0.05) is 31.9 Å². The van der Waals surface area contributed by atoms with E-state index in [-0.39, 0.29) is 5.82 Å². The van der Waals surface area contributed by atoms with Crippen LogP contribution in [0.2, 0.25) is 0 Å². The van der Waals surface area contributed by atoms with Crippen molar-refractivity contribution in [1.29, 1.82) is 0 Å². The van der Waals surface area contributed by atoms with Gasteiger partial charge in [-0.05, 0) is 31.2 Å². The van der Waals surface area contributed by atoms with Gasteiger partial charge in [-0.3, -0.25) is 0 Å². The molecule has 0 spiro atoms. The monoisotopic (exact) mass is 317 g/mol. The molecule has 1 aromatic heterocycles. The minimum atomic E-state index is -0.218. The Kier molecular flexibility index (Phi) is 4.45. The molecule has 2 heterocycles. The maximum Gasteiger partial charge on any atom is 0.242 e. The second-order valence-corrected chi connectivity index (χ2v) is 5.30. The maximum atomic E-state index is 13.0. The largest absolute Gasteiger partial charge is 0.476 e. The molecule has 0 amide bonds. The van der Waals surface area contributed by atoms with Crippen LogP contribution in [0.3, 0.4) is 0 Å². The van der Waals surface area contributed by atoms with Crippen LogP contribution in [0.5, 0.6) is 5.88 Å². The number of hydrogen-bond donors (Lipinski definition) is 1. The van der Waals surface area contributed by atoms with Crippen LogP contribution in [0.1, 0.15) is 6.92 Å². The average Bonchev–Trinajstić information content (AvgIpc) is 2.58. The zero-order valence-electron chi connectivity index (χ0n) is 13.1. The first-order chi connectivity index (χ1) is 11.2. The van der Waals surface area contributed by atoms with Gasteiger partial charge in [0.15, 0.2) is 5.82 Å². The van der Waals surface area contributed by atoms with Crippen molar-refractivity contribution in [1.82, 2.24) is 9.97 Å². The number of rotatable bonds is 4. The highest BCUT2D eigenvalue weighted by Crippen LogP contribution is 2.29. The van der Waals surface area contributed by atoms with E-state index in [1.165, 1.54) is 18.5 Å². The minimum Gasteiger partial charge on any atom is -0.476 e. The maximum absolute atomic E-state index is 13.0. The third-order valence-electron chi connectivity index (χ3n) is 3.88. The van der Waals surface area contributed by atoms with Gasteiger partial charge in [0.2, 0.25) is 5.88 Å². The SMILES string of the molecule is CCOc1ncnc(N2CCN(c3ccc(F)cc3)CC2)c1N. The van der Waals surface area contributed by atoms with Gasteiger partial charge in [0.1, 0.15) is 17.8 Å². The molecule has 0 unspecified atom stereocenters. The third kappa shape index (κ3) is 3.28. The molecule has 1 saturated heterocycles. The first-order valence-corrected chi connectivity index (χ1v) is 7.67. The second kappa shape index (κ2) is 6.68. The van der Waals surface area contributed by atoms with Crippen molar-refractivity contribution in [3.8, 4) is 5.88 Å². The summed E-state index contributed by atoms with van der Waals surface area (Å²) in [6.07, 6.45) is 1.48. The molecule has 23 heavy (non-hydrogen) atoms. The topological polar surface area (TPSA) is 67.5 Å². The average molecular weight is 317 g/mol. The van der Waals surface area contributed by atoms with Crippen molar-refractivity contribution in [2.45, 2.75) is 6.92 Å². The van der Waals surface area contributed by atoms with Crippen molar-refractivity contribution in [3.63, 3.8) is 0 Å². The molecule has 0 atom stereocenters. The van der Waals surface area contributed by atoms with Crippen molar-refractivity contribution >= 4 is 17.2 Å². The van der Waals surface area contributed by atoms with Crippen LogP contribution in [-0.4, -0.2) is 42.8 Å². The lowest BCUT2D eigenvalue weighted by atomic mass is 10.2. The van der Waals surface area contributed by atoms with Crippen LogP contribution in [0, 0.1) is 5.82 Å². The van der Waals surface area contributed by atoms with E-state index in [1.54, 1.807) is 12.1 Å². The summed E-state index contributed by atoms with van der Waals surface area (Å²) in [5.41, 5.74) is 7.62. The lowest BCUT2D eigenvalue weighted by Gasteiger charge is -2.37. The van der Waals surface area contributed by atoms with Gasteiger partial charge in [0.05, 0.1) is 6.61 Å². The number of halogens is 1. The van der Waals surface area contributed by atoms with Crippen molar-refractivity contribution in [2.75, 3.05) is 48.3 Å². The third-order valence-corrected chi connectivity index (χ3v) is 3.88. The molecular formula is C16H20FN5O. The lowest BCUT2D eigenvalue weighted by Crippen LogP contribution is -2.47. The minimum absolute atomic E-state index is 0.218. The predicted octanol–water partition coefficient (Wildman–Crippen LogP) is 1.92. The van der Waals surface area contributed by atoms with Crippen molar-refractivity contribution < 1.29 is 9.13 Å². The predicted molar refractivity (Wildman–Crippen MR) is 88.4 cm³/mol. The lowest BCUT2D eigenvalue weighted by molar-refractivity contribution is 0.328. The molecule has 1 aromatic carbocycles. The quantitative estimate of drug-likeness (QED) is 0.929. The van der Waals surface area contributed by atoms with Gasteiger partial charge in [-0.15, -0.1) is 0 Å². The Morgan fingerprint density at radius 3 is 2.39 bits per heavy atom. The van der Waals surface area contributed by atoms with Crippen molar-refractivity contribution in [3.05, 3.63) is 36.4 Å². The normalized spacial score (nSPS) is 14.9. The van der Waals surface area contributed by atoms with E-state index in [1.807, 2.05) is 6.92 Å². The summed E-state index contributed by atoms with van der Waals surface area (Å²) in [4.78, 5) is 12.7. The zero-order chi connectivity index (χ0) is 16.2. The molecule has 3 rings (SSSR count). The Labute approximate surface area is 134 Å². The molecule has 1 aliphatic rings. The fraction of sp³-hybridized carbons (Fsp3) is 0.375. The Bertz CT molecular complexity index is 656. The molecular weight excluding hydrogens is 297 g/mol. The van der Waals surface area contributed by atoms with Crippen LogP contribution in [0.4, 0.5) is 21.6 Å². The first-order valence-electron chi connectivity index (χ1n) is 7.67. The Balaban J connectivity index is 1.69. The van der Waals surface area contributed by atoms with E-state index in [0.29, 0.717) is 24.0 Å². The number of nitrogens with two attached hydrogens (primary N) is 1. The highest BCUT2D eigenvalue weighted by Gasteiger charge is 2.21. The van der Waals surface area contributed by atoms with E-state index in [0.717, 1.165) is 31.9 Å². The standard InChI is InChI=1S/C16H20FN5O/c1-2-23-16-14(18)15(19-11-20-16)22-9-7-21(8-10-22)13-5-3-12(17)4-6-13/h3-6,11H,2,7-10,18H2,1H3. The van der Waals surface area contributed by atoms with Crippen LogP contribution < -0.4 is 20.3 Å². The zero-order valence-corrected chi connectivity index (χ0v) is 13.1. The molecule has 0 saturated carbocycles. The number of nitrogens with zero attached hydrogens (tertiary/aromatic N) is 4. The Morgan fingerprint density at radius 2 is 1.74 bits per heavy atom. The summed E-state index contributed by atoms with van der Waals surface area (Å²) < 4.78 is 18.4. The van der Waals surface area contributed by atoms with Gasteiger partial charge in [-0.2, -0.15) is 4.98 Å². The summed E-state index contributed by atoms with van der Waals surface area (Å²) in [6, 6.07) is 6.57. The molecule has 2 aromatic rings. The van der Waals surface area contributed by atoms with Crippen molar-refractivity contribution in [2.24, 2.45) is 0 Å². The summed E-state index contributed by atoms with van der Waals surface area (Å²) in [7, 11) is 0. The van der Waals surface area contributed by atoms with Crippen LogP contribution in [0.15, 0.2) is 30.6 Å². The van der Waals surface area contributed by atoms with Crippen LogP contribution in [-0.2, 0) is 0 Å². The molecule has 6 nitrogen and oxygen atoms in total. The van der Waals surface area contributed by atoms with E-state index in [2.05, 4.69) is 19.8 Å². The number of benzene rings is 1. The van der Waals surface area contributed by atoms with Gasteiger partial charge in [0.25, 0.3) is 0 Å². The summed E-state index contributed by atoms with van der Waals surface area (Å²) >= 11 is 0. The molecule has 1 fully saturated rings.